The Bertz CT molecular complexity index is 301. The molecule has 1 atom stereocenters. The topological polar surface area (TPSA) is 18.5 Å². The zero-order valence-electron chi connectivity index (χ0n) is 12.4. The number of hydrogen-bond acceptors (Lipinski definition) is 3. The van der Waals surface area contributed by atoms with E-state index >= 15 is 0 Å². The van der Waals surface area contributed by atoms with E-state index in [4.69, 9.17) is 11.6 Å². The summed E-state index contributed by atoms with van der Waals surface area (Å²) in [5.41, 5.74) is 2.89. The molecule has 2 rings (SSSR count). The summed E-state index contributed by atoms with van der Waals surface area (Å²) in [6, 6.07) is 0. The molecule has 19 heavy (non-hydrogen) atoms. The van der Waals surface area contributed by atoms with Crippen LogP contribution in [0, 0.1) is 0 Å². The van der Waals surface area contributed by atoms with Crippen LogP contribution in [-0.4, -0.2) is 54.7 Å². The molecule has 2 heterocycles. The minimum atomic E-state index is 0.0739. The molecule has 0 aromatic carbocycles. The summed E-state index contributed by atoms with van der Waals surface area (Å²) in [5, 5.41) is 3.36. The highest BCUT2D eigenvalue weighted by atomic mass is 35.5. The lowest BCUT2D eigenvalue weighted by molar-refractivity contribution is 0.227. The van der Waals surface area contributed by atoms with Crippen molar-refractivity contribution in [2.75, 3.05) is 39.4 Å². The first kappa shape index (κ1) is 15.3. The minimum Gasteiger partial charge on any atom is -0.303 e. The maximum Gasteiger partial charge on any atom is 0.108 e. The predicted octanol–water partition coefficient (Wildman–Crippen LogP) is 2.63. The number of piperidine rings is 1. The van der Waals surface area contributed by atoms with Crippen molar-refractivity contribution in [3.05, 3.63) is 11.1 Å². The van der Waals surface area contributed by atoms with E-state index in [1.165, 1.54) is 50.0 Å². The first-order valence-corrected chi connectivity index (χ1v) is 8.09. The summed E-state index contributed by atoms with van der Waals surface area (Å²) in [5.74, 6) is 0. The van der Waals surface area contributed by atoms with Crippen LogP contribution < -0.4 is 5.32 Å². The third-order valence-corrected chi connectivity index (χ3v) is 4.83. The van der Waals surface area contributed by atoms with Crippen LogP contribution >= 0.6 is 11.6 Å². The highest BCUT2D eigenvalue weighted by molar-refractivity contribution is 6.22. The Balaban J connectivity index is 1.87. The van der Waals surface area contributed by atoms with Gasteiger partial charge < -0.3 is 10.2 Å². The fourth-order valence-corrected chi connectivity index (χ4v) is 3.50. The van der Waals surface area contributed by atoms with E-state index in [-0.39, 0.29) is 5.50 Å². The molecule has 0 aliphatic carbocycles. The molecule has 1 N–H and O–H groups in total. The van der Waals surface area contributed by atoms with E-state index in [1.54, 1.807) is 0 Å². The maximum atomic E-state index is 6.68. The lowest BCUT2D eigenvalue weighted by Crippen LogP contribution is -2.35. The third-order valence-electron chi connectivity index (χ3n) is 4.29. The number of allylic oxidation sites excluding steroid dienone is 1. The zero-order valence-corrected chi connectivity index (χ0v) is 13.2. The molecular weight excluding hydrogens is 258 g/mol. The lowest BCUT2D eigenvalue weighted by atomic mass is 10.0. The average Bonchev–Trinajstić information content (AvgIpc) is 2.93. The summed E-state index contributed by atoms with van der Waals surface area (Å²) in [6.45, 7) is 11.2. The van der Waals surface area contributed by atoms with Gasteiger partial charge >= 0.3 is 0 Å². The van der Waals surface area contributed by atoms with Crippen LogP contribution in [-0.2, 0) is 0 Å². The SMILES string of the molecule is CC(C)=C(CCN1CCCCC1)C(Cl)N1CCNC1. The summed E-state index contributed by atoms with van der Waals surface area (Å²) >= 11 is 6.68. The molecule has 0 bridgehead atoms. The van der Waals surface area contributed by atoms with E-state index < -0.39 is 0 Å². The second kappa shape index (κ2) is 7.63. The van der Waals surface area contributed by atoms with Crippen molar-refractivity contribution >= 4 is 11.6 Å². The second-order valence-electron chi connectivity index (χ2n) is 5.98. The molecule has 0 radical (unpaired) electrons. The Hall–Kier alpha value is -0.0900. The van der Waals surface area contributed by atoms with Crippen molar-refractivity contribution in [3.8, 4) is 0 Å². The quantitative estimate of drug-likeness (QED) is 0.476. The highest BCUT2D eigenvalue weighted by Crippen LogP contribution is 2.23. The van der Waals surface area contributed by atoms with Crippen molar-refractivity contribution < 1.29 is 0 Å². The Morgan fingerprint density at radius 3 is 2.47 bits per heavy atom. The normalized spacial score (nSPS) is 23.5. The summed E-state index contributed by atoms with van der Waals surface area (Å²) in [6.07, 6.45) is 5.26. The molecule has 2 saturated heterocycles. The fraction of sp³-hybridized carbons (Fsp3) is 0.867. The fourth-order valence-electron chi connectivity index (χ4n) is 3.01. The Morgan fingerprint density at radius 2 is 1.89 bits per heavy atom. The van der Waals surface area contributed by atoms with Crippen LogP contribution in [0.1, 0.15) is 39.5 Å². The van der Waals surface area contributed by atoms with E-state index in [0.29, 0.717) is 0 Å². The first-order chi connectivity index (χ1) is 9.18. The molecule has 0 saturated carbocycles. The largest absolute Gasteiger partial charge is 0.303 e. The van der Waals surface area contributed by atoms with Crippen molar-refractivity contribution in [1.82, 2.24) is 15.1 Å². The minimum absolute atomic E-state index is 0.0739. The number of nitrogens with zero attached hydrogens (tertiary/aromatic N) is 2. The van der Waals surface area contributed by atoms with E-state index in [2.05, 4.69) is 29.0 Å². The van der Waals surface area contributed by atoms with Crippen LogP contribution in [0.15, 0.2) is 11.1 Å². The summed E-state index contributed by atoms with van der Waals surface area (Å²) in [7, 11) is 0. The average molecular weight is 286 g/mol. The maximum absolute atomic E-state index is 6.68. The molecule has 2 aliphatic rings. The van der Waals surface area contributed by atoms with Crippen LogP contribution in [0.3, 0.4) is 0 Å². The number of nitrogens with one attached hydrogen (secondary N) is 1. The molecule has 0 aromatic rings. The van der Waals surface area contributed by atoms with Gasteiger partial charge in [0.05, 0.1) is 0 Å². The molecule has 2 fully saturated rings. The molecule has 3 nitrogen and oxygen atoms in total. The van der Waals surface area contributed by atoms with Crippen molar-refractivity contribution in [3.63, 3.8) is 0 Å². The Morgan fingerprint density at radius 1 is 1.16 bits per heavy atom. The number of likely N-dealkylation sites (tertiary alicyclic amines) is 1. The van der Waals surface area contributed by atoms with Gasteiger partial charge in [-0.2, -0.15) is 0 Å². The van der Waals surface area contributed by atoms with Gasteiger partial charge in [0.2, 0.25) is 0 Å². The predicted molar refractivity (Wildman–Crippen MR) is 82.5 cm³/mol. The first-order valence-electron chi connectivity index (χ1n) is 7.66. The molecule has 1 unspecified atom stereocenters. The van der Waals surface area contributed by atoms with Crippen molar-refractivity contribution in [2.45, 2.75) is 45.0 Å². The van der Waals surface area contributed by atoms with Gasteiger partial charge in [-0.15, -0.1) is 11.6 Å². The number of rotatable bonds is 5. The van der Waals surface area contributed by atoms with Crippen LogP contribution in [0.5, 0.6) is 0 Å². The molecule has 4 heteroatoms. The van der Waals surface area contributed by atoms with Gasteiger partial charge in [-0.05, 0) is 51.8 Å². The molecule has 0 amide bonds. The van der Waals surface area contributed by atoms with Crippen LogP contribution in [0.25, 0.3) is 0 Å². The molecule has 110 valence electrons. The second-order valence-corrected chi connectivity index (χ2v) is 6.40. The van der Waals surface area contributed by atoms with Gasteiger partial charge in [0.25, 0.3) is 0 Å². The van der Waals surface area contributed by atoms with E-state index in [9.17, 15) is 0 Å². The number of hydrogen-bond donors (Lipinski definition) is 1. The number of alkyl halides is 1. The van der Waals surface area contributed by atoms with Crippen molar-refractivity contribution in [1.29, 1.82) is 0 Å². The molecule has 0 aromatic heterocycles. The van der Waals surface area contributed by atoms with Crippen LogP contribution in [0.2, 0.25) is 0 Å². The van der Waals surface area contributed by atoms with Crippen LogP contribution in [0.4, 0.5) is 0 Å². The standard InChI is InChI=1S/C15H28ClN3/c1-13(2)14(15(16)19-11-7-17-12-19)6-10-18-8-4-3-5-9-18/h15,17H,3-12H2,1-2H3. The summed E-state index contributed by atoms with van der Waals surface area (Å²) in [4.78, 5) is 4.93. The lowest BCUT2D eigenvalue weighted by Gasteiger charge is -2.29. The zero-order chi connectivity index (χ0) is 13.7. The van der Waals surface area contributed by atoms with Crippen molar-refractivity contribution in [2.24, 2.45) is 0 Å². The molecule has 0 spiro atoms. The van der Waals surface area contributed by atoms with Gasteiger partial charge in [0.15, 0.2) is 0 Å². The van der Waals surface area contributed by atoms with Gasteiger partial charge in [0, 0.05) is 26.3 Å². The van der Waals surface area contributed by atoms with E-state index in [1.807, 2.05) is 0 Å². The smallest absolute Gasteiger partial charge is 0.108 e. The summed E-state index contributed by atoms with van der Waals surface area (Å²) < 4.78 is 0. The molecular formula is C15H28ClN3. The van der Waals surface area contributed by atoms with E-state index in [0.717, 1.165) is 26.2 Å². The van der Waals surface area contributed by atoms with Gasteiger partial charge in [-0.3, -0.25) is 4.90 Å². The van der Waals surface area contributed by atoms with Gasteiger partial charge in [-0.25, -0.2) is 0 Å². The third kappa shape index (κ3) is 4.45. The monoisotopic (exact) mass is 285 g/mol. The highest BCUT2D eigenvalue weighted by Gasteiger charge is 2.24. The Labute approximate surface area is 123 Å². The van der Waals surface area contributed by atoms with Gasteiger partial charge in [-0.1, -0.05) is 12.0 Å². The number of halogens is 1. The Kier molecular flexibility index (Phi) is 6.14. The molecule has 2 aliphatic heterocycles. The van der Waals surface area contributed by atoms with Gasteiger partial charge in [0.1, 0.15) is 5.50 Å².